The Morgan fingerprint density at radius 2 is 1.36 bits per heavy atom. The summed E-state index contributed by atoms with van der Waals surface area (Å²) >= 11 is 0. The van der Waals surface area contributed by atoms with Gasteiger partial charge in [0.05, 0.1) is 5.56 Å². The van der Waals surface area contributed by atoms with Crippen molar-refractivity contribution in [1.29, 1.82) is 0 Å². The summed E-state index contributed by atoms with van der Waals surface area (Å²) in [6.07, 6.45) is 5.33. The van der Waals surface area contributed by atoms with Gasteiger partial charge in [-0.05, 0) is 79.9 Å². The van der Waals surface area contributed by atoms with Gasteiger partial charge in [-0.15, -0.1) is 0 Å². The van der Waals surface area contributed by atoms with Crippen molar-refractivity contribution in [3.63, 3.8) is 0 Å². The number of alkyl halides is 2. The summed E-state index contributed by atoms with van der Waals surface area (Å²) in [5.41, 5.74) is 0.451. The van der Waals surface area contributed by atoms with Gasteiger partial charge in [0.2, 0.25) is 5.75 Å². The van der Waals surface area contributed by atoms with Crippen molar-refractivity contribution >= 4 is 0 Å². The van der Waals surface area contributed by atoms with Gasteiger partial charge in [-0.3, -0.25) is 0 Å². The molecule has 0 aromatic heterocycles. The molecule has 214 valence electrons. The molecule has 2 aliphatic carbocycles. The van der Waals surface area contributed by atoms with Crippen LogP contribution in [0.1, 0.15) is 88.2 Å². The Morgan fingerprint density at radius 1 is 0.821 bits per heavy atom. The first-order chi connectivity index (χ1) is 18.6. The highest BCUT2D eigenvalue weighted by Gasteiger charge is 2.36. The zero-order valence-corrected chi connectivity index (χ0v) is 21.8. The third kappa shape index (κ3) is 7.28. The van der Waals surface area contributed by atoms with Crippen LogP contribution in [0.5, 0.6) is 11.5 Å². The highest BCUT2D eigenvalue weighted by Crippen LogP contribution is 2.45. The van der Waals surface area contributed by atoms with Crippen LogP contribution in [-0.4, -0.2) is 0 Å². The minimum atomic E-state index is -3.94. The van der Waals surface area contributed by atoms with E-state index >= 15 is 0 Å². The number of hydrogen-bond donors (Lipinski definition) is 0. The Labute approximate surface area is 224 Å². The van der Waals surface area contributed by atoms with Crippen molar-refractivity contribution in [2.45, 2.75) is 83.2 Å². The second kappa shape index (κ2) is 12.6. The van der Waals surface area contributed by atoms with Crippen LogP contribution in [0.2, 0.25) is 0 Å². The van der Waals surface area contributed by atoms with Gasteiger partial charge in [0, 0.05) is 12.1 Å². The predicted molar refractivity (Wildman–Crippen MR) is 133 cm³/mol. The molecular weight excluding hydrogens is 525 g/mol. The number of halogens is 7. The summed E-state index contributed by atoms with van der Waals surface area (Å²) in [6.45, 7) is 2.25. The van der Waals surface area contributed by atoms with E-state index in [1.54, 1.807) is 12.1 Å². The lowest BCUT2D eigenvalue weighted by molar-refractivity contribution is -0.185. The van der Waals surface area contributed by atoms with Crippen LogP contribution in [0.25, 0.3) is 0 Å². The molecule has 2 nitrogen and oxygen atoms in total. The van der Waals surface area contributed by atoms with Crippen LogP contribution >= 0.6 is 0 Å². The molecule has 0 aliphatic heterocycles. The van der Waals surface area contributed by atoms with E-state index in [9.17, 15) is 30.7 Å². The molecule has 0 atom stereocenters. The van der Waals surface area contributed by atoms with Gasteiger partial charge in [0.25, 0.3) is 0 Å². The zero-order chi connectivity index (χ0) is 28.2. The van der Waals surface area contributed by atoms with E-state index in [4.69, 9.17) is 0 Å². The average molecular weight is 559 g/mol. The van der Waals surface area contributed by atoms with Crippen LogP contribution < -0.4 is 9.47 Å². The molecule has 0 unspecified atom stereocenters. The van der Waals surface area contributed by atoms with Gasteiger partial charge < -0.3 is 9.47 Å². The molecule has 0 heterocycles. The molecule has 0 spiro atoms. The summed E-state index contributed by atoms with van der Waals surface area (Å²) in [7, 11) is 0. The van der Waals surface area contributed by atoms with Gasteiger partial charge in [-0.1, -0.05) is 44.7 Å². The molecule has 2 aromatic rings. The fourth-order valence-electron chi connectivity index (χ4n) is 6.26. The highest BCUT2D eigenvalue weighted by molar-refractivity contribution is 5.36. The van der Waals surface area contributed by atoms with Crippen LogP contribution in [0.4, 0.5) is 30.7 Å². The van der Waals surface area contributed by atoms with Crippen LogP contribution in [-0.2, 0) is 6.11 Å². The average Bonchev–Trinajstić information content (AvgIpc) is 2.91. The minimum absolute atomic E-state index is 0.292. The summed E-state index contributed by atoms with van der Waals surface area (Å²) < 4.78 is 103. The number of benzene rings is 2. The monoisotopic (exact) mass is 558 g/mol. The van der Waals surface area contributed by atoms with Crippen molar-refractivity contribution in [2.75, 3.05) is 0 Å². The molecule has 9 heteroatoms. The second-order valence-electron chi connectivity index (χ2n) is 10.8. The topological polar surface area (TPSA) is 18.5 Å². The lowest BCUT2D eigenvalue weighted by Crippen LogP contribution is -2.25. The first-order valence-electron chi connectivity index (χ1n) is 13.6. The second-order valence-corrected chi connectivity index (χ2v) is 10.8. The molecule has 2 aliphatic rings. The fraction of sp³-hybridized carbons (Fsp3) is 0.533. The van der Waals surface area contributed by atoms with Gasteiger partial charge in [-0.25, -0.2) is 8.78 Å². The third-order valence-electron chi connectivity index (χ3n) is 8.30. The molecule has 2 saturated carbocycles. The van der Waals surface area contributed by atoms with Crippen molar-refractivity contribution in [1.82, 2.24) is 0 Å². The number of rotatable bonds is 9. The predicted octanol–water partition coefficient (Wildman–Crippen LogP) is 10.4. The van der Waals surface area contributed by atoms with Crippen molar-refractivity contribution < 1.29 is 40.2 Å². The summed E-state index contributed by atoms with van der Waals surface area (Å²) in [5.74, 6) is -3.07. The van der Waals surface area contributed by atoms with E-state index in [0.29, 0.717) is 18.1 Å². The molecule has 39 heavy (non-hydrogen) atoms. The van der Waals surface area contributed by atoms with Crippen molar-refractivity contribution in [3.05, 3.63) is 71.3 Å². The SMILES string of the molecule is CCCC1CCC(C2CCC(c3ccc(C(F)(F)Oc4cc(F)c(OC(F)=C(F)F)c(F)c4)cc3)CC2)CC1. The van der Waals surface area contributed by atoms with E-state index in [1.807, 2.05) is 0 Å². The molecule has 2 aromatic carbocycles. The molecule has 0 amide bonds. The maximum absolute atomic E-state index is 14.8. The Hall–Kier alpha value is -2.71. The molecule has 4 rings (SSSR count). The zero-order valence-electron chi connectivity index (χ0n) is 21.8. The Balaban J connectivity index is 1.34. The molecule has 0 N–H and O–H groups in total. The van der Waals surface area contributed by atoms with Crippen molar-refractivity contribution in [2.24, 2.45) is 17.8 Å². The van der Waals surface area contributed by atoms with Gasteiger partial charge >= 0.3 is 18.2 Å². The van der Waals surface area contributed by atoms with Gasteiger partial charge in [0.15, 0.2) is 11.6 Å². The fourth-order valence-corrected chi connectivity index (χ4v) is 6.26. The molecule has 0 bridgehead atoms. The van der Waals surface area contributed by atoms with E-state index in [2.05, 4.69) is 16.4 Å². The van der Waals surface area contributed by atoms with Crippen LogP contribution in [0.3, 0.4) is 0 Å². The normalized spacial score (nSPS) is 23.8. The van der Waals surface area contributed by atoms with Gasteiger partial charge in [0.1, 0.15) is 5.75 Å². The van der Waals surface area contributed by atoms with Crippen molar-refractivity contribution in [3.8, 4) is 11.5 Å². The Bertz CT molecular complexity index is 1110. The molecule has 0 saturated heterocycles. The minimum Gasteiger partial charge on any atom is -0.429 e. The lowest BCUT2D eigenvalue weighted by Gasteiger charge is -2.38. The quantitative estimate of drug-likeness (QED) is 0.225. The smallest absolute Gasteiger partial charge is 0.426 e. The maximum atomic E-state index is 14.8. The molecule has 2 fully saturated rings. The number of ether oxygens (including phenoxy) is 2. The van der Waals surface area contributed by atoms with Crippen LogP contribution in [0, 0.1) is 29.4 Å². The van der Waals surface area contributed by atoms with E-state index < -0.39 is 46.9 Å². The van der Waals surface area contributed by atoms with Gasteiger partial charge in [-0.2, -0.15) is 22.0 Å². The van der Waals surface area contributed by atoms with Crippen LogP contribution in [0.15, 0.2) is 48.5 Å². The van der Waals surface area contributed by atoms with E-state index in [0.717, 1.165) is 49.0 Å². The number of hydrogen-bond acceptors (Lipinski definition) is 2. The first-order valence-corrected chi connectivity index (χ1v) is 13.6. The summed E-state index contributed by atoms with van der Waals surface area (Å²) in [5, 5.41) is 0. The largest absolute Gasteiger partial charge is 0.429 e. The maximum Gasteiger partial charge on any atom is 0.426 e. The third-order valence-corrected chi connectivity index (χ3v) is 8.30. The highest BCUT2D eigenvalue weighted by atomic mass is 19.3. The first kappa shape index (κ1) is 29.3. The van der Waals surface area contributed by atoms with E-state index in [1.165, 1.54) is 50.7 Å². The Morgan fingerprint density at radius 3 is 1.87 bits per heavy atom. The van der Waals surface area contributed by atoms with E-state index in [-0.39, 0.29) is 0 Å². The summed E-state index contributed by atoms with van der Waals surface area (Å²) in [4.78, 5) is 0. The Kier molecular flexibility index (Phi) is 9.49. The molecule has 0 radical (unpaired) electrons. The standard InChI is InChI=1S/C30H33F7O2/c1-2-3-18-4-6-19(7-5-18)20-8-10-21(11-9-20)22-12-14-23(15-13-22)30(36,37)39-24-16-25(31)27(26(32)17-24)38-29(35)28(33)34/h12-21H,2-11H2,1H3. The molecular formula is C30H33F7O2. The summed E-state index contributed by atoms with van der Waals surface area (Å²) in [6, 6.07) is 3.82. The lowest BCUT2D eigenvalue weighted by atomic mass is 9.68.